The molecule has 2 aliphatic rings. The molecule has 0 radical (unpaired) electrons. The molecule has 28 heavy (non-hydrogen) atoms. The fraction of sp³-hybridized carbons (Fsp3) is 0.455. The quantitative estimate of drug-likeness (QED) is 0.814. The second-order valence-electron chi connectivity index (χ2n) is 7.78. The summed E-state index contributed by atoms with van der Waals surface area (Å²) in [5.41, 5.74) is 1.31. The number of likely N-dealkylation sites (tertiary alicyclic amines) is 1. The molecule has 0 bridgehead atoms. The van der Waals surface area contributed by atoms with Crippen LogP contribution in [0.2, 0.25) is 5.02 Å². The molecule has 2 aromatic carbocycles. The zero-order valence-corrected chi connectivity index (χ0v) is 16.7. The van der Waals surface area contributed by atoms with Crippen molar-refractivity contribution in [3.05, 3.63) is 58.6 Å². The summed E-state index contributed by atoms with van der Waals surface area (Å²) in [5, 5.41) is 21.8. The molecule has 2 heterocycles. The summed E-state index contributed by atoms with van der Waals surface area (Å²) in [6.07, 6.45) is 1.12. The Morgan fingerprint density at radius 2 is 1.93 bits per heavy atom. The largest absolute Gasteiger partial charge is 0.497 e. The first-order valence-electron chi connectivity index (χ1n) is 9.69. The first-order valence-corrected chi connectivity index (χ1v) is 10.1. The van der Waals surface area contributed by atoms with E-state index in [1.54, 1.807) is 19.2 Å². The number of rotatable bonds is 4. The smallest absolute Gasteiger partial charge is 0.126 e. The Hall–Kier alpha value is -1.79. The normalized spacial score (nSPS) is 22.4. The number of fused-ring (bicyclic) bond motifs is 1. The van der Waals surface area contributed by atoms with E-state index in [1.165, 1.54) is 0 Å². The van der Waals surface area contributed by atoms with E-state index in [9.17, 15) is 10.2 Å². The summed E-state index contributed by atoms with van der Waals surface area (Å²) in [4.78, 5) is 2.26. The average Bonchev–Trinajstić information content (AvgIpc) is 2.71. The number of aliphatic hydroxyl groups is 2. The Bertz CT molecular complexity index is 818. The minimum Gasteiger partial charge on any atom is -0.497 e. The minimum atomic E-state index is -0.557. The molecule has 1 spiro atoms. The number of nitrogens with zero attached hydrogens (tertiary/aromatic N) is 1. The predicted molar refractivity (Wildman–Crippen MR) is 108 cm³/mol. The van der Waals surface area contributed by atoms with Crippen LogP contribution in [0.25, 0.3) is 0 Å². The average molecular weight is 404 g/mol. The monoisotopic (exact) mass is 403 g/mol. The Kier molecular flexibility index (Phi) is 5.52. The second-order valence-corrected chi connectivity index (χ2v) is 8.21. The molecule has 4 rings (SSSR count). The van der Waals surface area contributed by atoms with Gasteiger partial charge in [-0.2, -0.15) is 0 Å². The van der Waals surface area contributed by atoms with Crippen LogP contribution in [-0.2, 0) is 0 Å². The molecule has 2 aliphatic heterocycles. The van der Waals surface area contributed by atoms with E-state index < -0.39 is 12.2 Å². The van der Waals surface area contributed by atoms with Crippen molar-refractivity contribution in [1.82, 2.24) is 4.90 Å². The lowest BCUT2D eigenvalue weighted by molar-refractivity contribution is -0.0587. The van der Waals surface area contributed by atoms with Crippen LogP contribution in [0, 0.1) is 0 Å². The molecular formula is C22H26ClNO4. The van der Waals surface area contributed by atoms with Crippen LogP contribution in [0.3, 0.4) is 0 Å². The minimum absolute atomic E-state index is 0.345. The number of benzene rings is 2. The van der Waals surface area contributed by atoms with Gasteiger partial charge in [0.1, 0.15) is 17.1 Å². The summed E-state index contributed by atoms with van der Waals surface area (Å²) in [5.74, 6) is 1.51. The summed E-state index contributed by atoms with van der Waals surface area (Å²) in [6.45, 7) is 2.23. The third kappa shape index (κ3) is 3.98. The van der Waals surface area contributed by atoms with Gasteiger partial charge in [-0.25, -0.2) is 0 Å². The maximum absolute atomic E-state index is 10.6. The SMILES string of the molecule is COc1ccc([C@H](O)CN2CCC3(CC2)C[C@H](O)c2cc(Cl)ccc2O3)cc1. The molecule has 2 atom stereocenters. The lowest BCUT2D eigenvalue weighted by Crippen LogP contribution is -2.51. The van der Waals surface area contributed by atoms with Crippen molar-refractivity contribution < 1.29 is 19.7 Å². The van der Waals surface area contributed by atoms with Crippen molar-refractivity contribution in [1.29, 1.82) is 0 Å². The first-order chi connectivity index (χ1) is 13.5. The van der Waals surface area contributed by atoms with E-state index in [2.05, 4.69) is 4.90 Å². The van der Waals surface area contributed by atoms with Gasteiger partial charge in [0.25, 0.3) is 0 Å². The summed E-state index contributed by atoms with van der Waals surface area (Å²) >= 11 is 6.05. The predicted octanol–water partition coefficient (Wildman–Crippen LogP) is 3.73. The molecule has 0 aliphatic carbocycles. The van der Waals surface area contributed by atoms with Crippen molar-refractivity contribution in [2.75, 3.05) is 26.7 Å². The van der Waals surface area contributed by atoms with Crippen LogP contribution in [0.15, 0.2) is 42.5 Å². The second kappa shape index (κ2) is 7.91. The fourth-order valence-corrected chi connectivity index (χ4v) is 4.42. The molecule has 0 saturated carbocycles. The zero-order chi connectivity index (χ0) is 19.7. The Balaban J connectivity index is 1.37. The molecule has 0 aromatic heterocycles. The lowest BCUT2D eigenvalue weighted by Gasteiger charge is -2.46. The number of aliphatic hydroxyl groups excluding tert-OH is 2. The van der Waals surface area contributed by atoms with E-state index in [0.717, 1.165) is 48.6 Å². The lowest BCUT2D eigenvalue weighted by atomic mass is 9.81. The van der Waals surface area contributed by atoms with Crippen LogP contribution < -0.4 is 9.47 Å². The molecule has 6 heteroatoms. The summed E-state index contributed by atoms with van der Waals surface area (Å²) < 4.78 is 11.5. The van der Waals surface area contributed by atoms with Gasteiger partial charge in [-0.1, -0.05) is 23.7 Å². The van der Waals surface area contributed by atoms with Gasteiger partial charge < -0.3 is 24.6 Å². The van der Waals surface area contributed by atoms with Gasteiger partial charge in [0.15, 0.2) is 0 Å². The highest BCUT2D eigenvalue weighted by Crippen LogP contribution is 2.45. The van der Waals surface area contributed by atoms with Gasteiger partial charge in [-0.05, 0) is 48.7 Å². The van der Waals surface area contributed by atoms with Gasteiger partial charge in [0, 0.05) is 36.6 Å². The van der Waals surface area contributed by atoms with Crippen molar-refractivity contribution in [3.8, 4) is 11.5 Å². The maximum Gasteiger partial charge on any atom is 0.126 e. The number of hydrogen-bond acceptors (Lipinski definition) is 5. The molecule has 2 N–H and O–H groups in total. The van der Waals surface area contributed by atoms with Crippen molar-refractivity contribution >= 4 is 11.6 Å². The molecular weight excluding hydrogens is 378 g/mol. The first kappa shape index (κ1) is 19.5. The van der Waals surface area contributed by atoms with Gasteiger partial charge in [0.05, 0.1) is 19.3 Å². The molecule has 1 fully saturated rings. The van der Waals surface area contributed by atoms with Gasteiger partial charge in [-0.3, -0.25) is 0 Å². The van der Waals surface area contributed by atoms with E-state index in [-0.39, 0.29) is 5.60 Å². The molecule has 5 nitrogen and oxygen atoms in total. The van der Waals surface area contributed by atoms with Crippen LogP contribution in [0.5, 0.6) is 11.5 Å². The number of methoxy groups -OCH3 is 1. The van der Waals surface area contributed by atoms with Gasteiger partial charge >= 0.3 is 0 Å². The Morgan fingerprint density at radius 3 is 2.61 bits per heavy atom. The molecule has 0 unspecified atom stereocenters. The Morgan fingerprint density at radius 1 is 1.21 bits per heavy atom. The van der Waals surface area contributed by atoms with Crippen LogP contribution in [0.1, 0.15) is 42.6 Å². The van der Waals surface area contributed by atoms with Gasteiger partial charge in [0.2, 0.25) is 0 Å². The molecule has 1 saturated heterocycles. The summed E-state index contributed by atoms with van der Waals surface area (Å²) in [7, 11) is 1.63. The number of hydrogen-bond donors (Lipinski definition) is 2. The van der Waals surface area contributed by atoms with Crippen LogP contribution >= 0.6 is 11.6 Å². The third-order valence-corrected chi connectivity index (χ3v) is 6.16. The van der Waals surface area contributed by atoms with E-state index in [0.29, 0.717) is 18.0 Å². The molecule has 2 aromatic rings. The van der Waals surface area contributed by atoms with Gasteiger partial charge in [-0.15, -0.1) is 0 Å². The highest BCUT2D eigenvalue weighted by molar-refractivity contribution is 6.30. The van der Waals surface area contributed by atoms with Crippen molar-refractivity contribution in [2.45, 2.75) is 37.1 Å². The number of piperidine rings is 1. The maximum atomic E-state index is 10.6. The Labute approximate surface area is 170 Å². The summed E-state index contributed by atoms with van der Waals surface area (Å²) in [6, 6.07) is 13.0. The van der Waals surface area contributed by atoms with Crippen LogP contribution in [0.4, 0.5) is 0 Å². The van der Waals surface area contributed by atoms with E-state index in [4.69, 9.17) is 21.1 Å². The fourth-order valence-electron chi connectivity index (χ4n) is 4.24. The van der Waals surface area contributed by atoms with Crippen molar-refractivity contribution in [3.63, 3.8) is 0 Å². The molecule has 150 valence electrons. The number of ether oxygens (including phenoxy) is 2. The highest BCUT2D eigenvalue weighted by Gasteiger charge is 2.43. The third-order valence-electron chi connectivity index (χ3n) is 5.92. The van der Waals surface area contributed by atoms with Crippen LogP contribution in [-0.4, -0.2) is 47.5 Å². The van der Waals surface area contributed by atoms with Crippen molar-refractivity contribution in [2.24, 2.45) is 0 Å². The molecule has 0 amide bonds. The number of halogens is 1. The van der Waals surface area contributed by atoms with E-state index in [1.807, 2.05) is 30.3 Å². The number of β-amino-alcohol motifs (C(OH)–C–C–N with tert-alkyl or cyclic N) is 1. The highest BCUT2D eigenvalue weighted by atomic mass is 35.5. The zero-order valence-electron chi connectivity index (χ0n) is 16.0. The topological polar surface area (TPSA) is 62.2 Å². The van der Waals surface area contributed by atoms with E-state index >= 15 is 0 Å². The standard InChI is InChI=1S/C22H26ClNO4/c1-27-17-5-2-15(3-6-17)20(26)14-24-10-8-22(9-11-24)13-19(25)18-12-16(23)4-7-21(18)28-22/h2-7,12,19-20,25-26H,8-11,13-14H2,1H3/t19-,20+/m0/s1.